The summed E-state index contributed by atoms with van der Waals surface area (Å²) in [5.41, 5.74) is -0.135. The molecule has 0 atom stereocenters. The van der Waals surface area contributed by atoms with Crippen LogP contribution < -0.4 is 5.32 Å². The van der Waals surface area contributed by atoms with Gasteiger partial charge < -0.3 is 14.8 Å². The number of hydrogen-bond acceptors (Lipinski definition) is 5. The van der Waals surface area contributed by atoms with Crippen molar-refractivity contribution in [1.82, 2.24) is 5.32 Å². The minimum Gasteiger partial charge on any atom is -0.461 e. The number of carbonyl (C=O) groups excluding carboxylic acids is 2. The molecule has 0 saturated heterocycles. The molecule has 1 aromatic carbocycles. The van der Waals surface area contributed by atoms with Gasteiger partial charge >= 0.3 is 12.1 Å². The molecule has 0 spiro atoms. The number of nitrogens with zero attached hydrogens (tertiary/aromatic N) is 1. The van der Waals surface area contributed by atoms with E-state index in [1.807, 2.05) is 6.07 Å². The molecule has 24 heavy (non-hydrogen) atoms. The fraction of sp³-hybridized carbons (Fsp3) is 0.471. The van der Waals surface area contributed by atoms with E-state index >= 15 is 0 Å². The van der Waals surface area contributed by atoms with E-state index in [1.54, 1.807) is 20.8 Å². The number of benzene rings is 1. The molecule has 1 aromatic rings. The molecule has 0 bridgehead atoms. The molecule has 0 unspecified atom stereocenters. The smallest absolute Gasteiger partial charge is 0.407 e. The highest BCUT2D eigenvalue weighted by molar-refractivity contribution is 5.70. The van der Waals surface area contributed by atoms with Crippen LogP contribution in [0.1, 0.15) is 44.7 Å². The van der Waals surface area contributed by atoms with Crippen LogP contribution in [0, 0.1) is 17.1 Å². The number of carbonyl (C=O) groups is 2. The number of rotatable bonds is 6. The second kappa shape index (κ2) is 8.87. The fourth-order valence-corrected chi connectivity index (χ4v) is 1.72. The lowest BCUT2D eigenvalue weighted by molar-refractivity contribution is -0.145. The van der Waals surface area contributed by atoms with E-state index in [0.29, 0.717) is 12.0 Å². The van der Waals surface area contributed by atoms with Gasteiger partial charge in [0, 0.05) is 18.5 Å². The SMILES string of the molecule is CC(C)(C)OC(=O)NCCCC(=O)OCc1cc(C#N)ccc1F. The van der Waals surface area contributed by atoms with Gasteiger partial charge in [-0.2, -0.15) is 5.26 Å². The standard InChI is InChI=1S/C17H21FN2O4/c1-17(2,3)24-16(22)20-8-4-5-15(21)23-11-13-9-12(10-19)6-7-14(13)18/h6-7,9H,4-5,8,11H2,1-3H3,(H,20,22). The van der Waals surface area contributed by atoms with E-state index < -0.39 is 23.5 Å². The van der Waals surface area contributed by atoms with Crippen LogP contribution in [0.15, 0.2) is 18.2 Å². The molecule has 1 N–H and O–H groups in total. The first-order valence-corrected chi connectivity index (χ1v) is 7.52. The molecule has 0 aliphatic carbocycles. The molecule has 0 aliphatic rings. The highest BCUT2D eigenvalue weighted by atomic mass is 19.1. The molecule has 1 rings (SSSR count). The predicted octanol–water partition coefficient (Wildman–Crippen LogP) is 3.05. The third-order valence-electron chi connectivity index (χ3n) is 2.79. The average Bonchev–Trinajstić information content (AvgIpc) is 2.49. The molecular weight excluding hydrogens is 315 g/mol. The molecule has 7 heteroatoms. The number of amides is 1. The summed E-state index contributed by atoms with van der Waals surface area (Å²) in [5, 5.41) is 11.3. The van der Waals surface area contributed by atoms with Crippen LogP contribution in [-0.4, -0.2) is 24.2 Å². The summed E-state index contributed by atoms with van der Waals surface area (Å²) in [6, 6.07) is 5.74. The lowest BCUT2D eigenvalue weighted by Gasteiger charge is -2.19. The lowest BCUT2D eigenvalue weighted by Crippen LogP contribution is -2.33. The Kier molecular flexibility index (Phi) is 7.18. The zero-order valence-corrected chi connectivity index (χ0v) is 14.0. The Balaban J connectivity index is 2.28. The summed E-state index contributed by atoms with van der Waals surface area (Å²) in [6.45, 7) is 5.29. The van der Waals surface area contributed by atoms with Crippen LogP contribution in [0.3, 0.4) is 0 Å². The molecule has 1 amide bonds. The van der Waals surface area contributed by atoms with Crippen molar-refractivity contribution in [1.29, 1.82) is 5.26 Å². The summed E-state index contributed by atoms with van der Waals surface area (Å²) >= 11 is 0. The number of nitriles is 1. The van der Waals surface area contributed by atoms with Gasteiger partial charge in [0.1, 0.15) is 18.0 Å². The van der Waals surface area contributed by atoms with Crippen molar-refractivity contribution in [2.24, 2.45) is 0 Å². The first-order chi connectivity index (χ1) is 11.2. The Morgan fingerprint density at radius 1 is 1.33 bits per heavy atom. The molecule has 0 radical (unpaired) electrons. The van der Waals surface area contributed by atoms with Crippen molar-refractivity contribution >= 4 is 12.1 Å². The van der Waals surface area contributed by atoms with Gasteiger partial charge in [-0.05, 0) is 45.4 Å². The Morgan fingerprint density at radius 3 is 2.67 bits per heavy atom. The van der Waals surface area contributed by atoms with E-state index in [0.717, 1.165) is 6.07 Å². The molecule has 0 fully saturated rings. The Labute approximate surface area is 140 Å². The van der Waals surface area contributed by atoms with Crippen molar-refractivity contribution in [3.05, 3.63) is 35.1 Å². The summed E-state index contributed by atoms with van der Waals surface area (Å²) in [4.78, 5) is 23.0. The highest BCUT2D eigenvalue weighted by Crippen LogP contribution is 2.12. The first kappa shape index (κ1) is 19.4. The normalized spacial score (nSPS) is 10.6. The third-order valence-corrected chi connectivity index (χ3v) is 2.79. The minimum atomic E-state index is -0.578. The van der Waals surface area contributed by atoms with Gasteiger partial charge in [-0.15, -0.1) is 0 Å². The molecule has 0 aliphatic heterocycles. The summed E-state index contributed by atoms with van der Waals surface area (Å²) < 4.78 is 23.5. The van der Waals surface area contributed by atoms with Gasteiger partial charge in [0.05, 0.1) is 11.6 Å². The van der Waals surface area contributed by atoms with Gasteiger partial charge in [0.25, 0.3) is 0 Å². The number of alkyl carbamates (subject to hydrolysis) is 1. The summed E-state index contributed by atoms with van der Waals surface area (Å²) in [5.74, 6) is -1.05. The number of hydrogen-bond donors (Lipinski definition) is 1. The van der Waals surface area contributed by atoms with Crippen molar-refractivity contribution in [2.45, 2.75) is 45.8 Å². The van der Waals surface area contributed by atoms with E-state index in [4.69, 9.17) is 14.7 Å². The molecular formula is C17H21FN2O4. The Hall–Kier alpha value is -2.62. The minimum absolute atomic E-state index is 0.0787. The molecule has 0 aromatic heterocycles. The molecule has 6 nitrogen and oxygen atoms in total. The maximum absolute atomic E-state index is 13.5. The third kappa shape index (κ3) is 7.58. The van der Waals surface area contributed by atoms with Crippen molar-refractivity contribution in [2.75, 3.05) is 6.54 Å². The van der Waals surface area contributed by atoms with Gasteiger partial charge in [-0.3, -0.25) is 4.79 Å². The quantitative estimate of drug-likeness (QED) is 0.637. The van der Waals surface area contributed by atoms with Crippen LogP contribution in [0.25, 0.3) is 0 Å². The van der Waals surface area contributed by atoms with Gasteiger partial charge in [-0.25, -0.2) is 9.18 Å². The second-order valence-electron chi connectivity index (χ2n) is 6.11. The molecule has 0 heterocycles. The zero-order valence-electron chi connectivity index (χ0n) is 14.0. The second-order valence-corrected chi connectivity index (χ2v) is 6.11. The average molecular weight is 336 g/mol. The van der Waals surface area contributed by atoms with Crippen molar-refractivity contribution in [3.8, 4) is 6.07 Å². The van der Waals surface area contributed by atoms with Crippen molar-refractivity contribution < 1.29 is 23.5 Å². The maximum atomic E-state index is 13.5. The van der Waals surface area contributed by atoms with Crippen LogP contribution >= 0.6 is 0 Å². The topological polar surface area (TPSA) is 88.4 Å². The van der Waals surface area contributed by atoms with E-state index in [-0.39, 0.29) is 25.1 Å². The lowest BCUT2D eigenvalue weighted by atomic mass is 10.1. The monoisotopic (exact) mass is 336 g/mol. The number of esters is 1. The van der Waals surface area contributed by atoms with E-state index in [1.165, 1.54) is 12.1 Å². The molecule has 130 valence electrons. The maximum Gasteiger partial charge on any atom is 0.407 e. The zero-order chi connectivity index (χ0) is 18.2. The van der Waals surface area contributed by atoms with Gasteiger partial charge in [0.15, 0.2) is 0 Å². The number of ether oxygens (including phenoxy) is 2. The van der Waals surface area contributed by atoms with Gasteiger partial charge in [0.2, 0.25) is 0 Å². The van der Waals surface area contributed by atoms with Crippen LogP contribution in [-0.2, 0) is 20.9 Å². The summed E-state index contributed by atoms with van der Waals surface area (Å²) in [7, 11) is 0. The van der Waals surface area contributed by atoms with Crippen LogP contribution in [0.5, 0.6) is 0 Å². The predicted molar refractivity (Wildman–Crippen MR) is 84.4 cm³/mol. The van der Waals surface area contributed by atoms with Crippen LogP contribution in [0.4, 0.5) is 9.18 Å². The van der Waals surface area contributed by atoms with E-state index in [9.17, 15) is 14.0 Å². The van der Waals surface area contributed by atoms with Crippen molar-refractivity contribution in [3.63, 3.8) is 0 Å². The first-order valence-electron chi connectivity index (χ1n) is 7.52. The van der Waals surface area contributed by atoms with Gasteiger partial charge in [-0.1, -0.05) is 0 Å². The highest BCUT2D eigenvalue weighted by Gasteiger charge is 2.15. The Bertz CT molecular complexity index is 632. The summed E-state index contributed by atoms with van der Waals surface area (Å²) in [6.07, 6.45) is -0.0972. The fourth-order valence-electron chi connectivity index (χ4n) is 1.72. The van der Waals surface area contributed by atoms with Crippen LogP contribution in [0.2, 0.25) is 0 Å². The van der Waals surface area contributed by atoms with E-state index in [2.05, 4.69) is 5.32 Å². The molecule has 0 saturated carbocycles. The largest absolute Gasteiger partial charge is 0.461 e. The number of nitrogens with one attached hydrogen (secondary N) is 1. The Morgan fingerprint density at radius 2 is 2.04 bits per heavy atom. The number of halogens is 1.